The summed E-state index contributed by atoms with van der Waals surface area (Å²) >= 11 is 11.2. The number of hydrogen-bond donors (Lipinski definition) is 1. The van der Waals surface area contributed by atoms with Crippen LogP contribution in [0.25, 0.3) is 0 Å². The lowest BCUT2D eigenvalue weighted by atomic mass is 10.2. The normalized spacial score (nSPS) is 16.3. The summed E-state index contributed by atoms with van der Waals surface area (Å²) in [7, 11) is 0. The zero-order valence-electron chi connectivity index (χ0n) is 14.6. The molecule has 0 aromatic heterocycles. The van der Waals surface area contributed by atoms with Crippen LogP contribution in [0.15, 0.2) is 46.9 Å². The lowest BCUT2D eigenvalue weighted by Gasteiger charge is -2.23. The molecule has 8 heteroatoms. The third-order valence-electron chi connectivity index (χ3n) is 4.20. The highest BCUT2D eigenvalue weighted by atomic mass is 79.9. The van der Waals surface area contributed by atoms with Gasteiger partial charge in [0.2, 0.25) is 5.91 Å². The van der Waals surface area contributed by atoms with Crippen LogP contribution in [0.4, 0.5) is 10.5 Å². The molecule has 1 atom stereocenters. The Balaban J connectivity index is 1.64. The van der Waals surface area contributed by atoms with E-state index in [1.165, 1.54) is 16.7 Å². The van der Waals surface area contributed by atoms with E-state index in [9.17, 15) is 9.59 Å². The van der Waals surface area contributed by atoms with Crippen LogP contribution in [0, 0.1) is 6.92 Å². The summed E-state index contributed by atoms with van der Waals surface area (Å²) in [5, 5.41) is 3.30. The van der Waals surface area contributed by atoms with Gasteiger partial charge in [-0.3, -0.25) is 9.69 Å². The molecule has 0 saturated carbocycles. The fourth-order valence-corrected chi connectivity index (χ4v) is 4.41. The minimum absolute atomic E-state index is 0.174. The maximum atomic E-state index is 12.7. The second kappa shape index (κ2) is 8.99. The van der Waals surface area contributed by atoms with E-state index >= 15 is 0 Å². The number of carbonyl (C=O) groups is 2. The molecule has 0 bridgehead atoms. The molecule has 3 rings (SSSR count). The molecule has 1 aliphatic heterocycles. The Labute approximate surface area is 175 Å². The Morgan fingerprint density at radius 1 is 1.30 bits per heavy atom. The monoisotopic (exact) mass is 468 g/mol. The van der Waals surface area contributed by atoms with Gasteiger partial charge < -0.3 is 10.1 Å². The predicted molar refractivity (Wildman–Crippen MR) is 112 cm³/mol. The van der Waals surface area contributed by atoms with Gasteiger partial charge in [-0.05, 0) is 30.2 Å². The van der Waals surface area contributed by atoms with Crippen LogP contribution in [-0.4, -0.2) is 34.6 Å². The minimum atomic E-state index is -0.599. The van der Waals surface area contributed by atoms with E-state index in [1.54, 1.807) is 6.07 Å². The molecule has 5 nitrogen and oxygen atoms in total. The van der Waals surface area contributed by atoms with Crippen molar-refractivity contribution >= 4 is 57.0 Å². The van der Waals surface area contributed by atoms with E-state index in [0.29, 0.717) is 22.3 Å². The van der Waals surface area contributed by atoms with E-state index in [4.69, 9.17) is 16.3 Å². The topological polar surface area (TPSA) is 58.6 Å². The van der Waals surface area contributed by atoms with Gasteiger partial charge in [0.05, 0.1) is 16.6 Å². The first kappa shape index (κ1) is 20.0. The van der Waals surface area contributed by atoms with Crippen molar-refractivity contribution in [3.05, 3.63) is 63.1 Å². The third-order valence-corrected chi connectivity index (χ3v) is 6.56. The van der Waals surface area contributed by atoms with Crippen LogP contribution in [0.5, 0.6) is 0 Å². The predicted octanol–water partition coefficient (Wildman–Crippen LogP) is 5.06. The van der Waals surface area contributed by atoms with Gasteiger partial charge >= 0.3 is 6.09 Å². The summed E-state index contributed by atoms with van der Waals surface area (Å²) in [6.45, 7) is 2.04. The van der Waals surface area contributed by atoms with Crippen LogP contribution >= 0.6 is 39.3 Å². The molecule has 2 amide bonds. The van der Waals surface area contributed by atoms with Crippen LogP contribution in [0.1, 0.15) is 11.1 Å². The quantitative estimate of drug-likeness (QED) is 0.680. The number of carbonyl (C=O) groups excluding carboxylic acids is 2. The number of hydrogen-bond acceptors (Lipinski definition) is 4. The zero-order chi connectivity index (χ0) is 19.4. The van der Waals surface area contributed by atoms with Crippen LogP contribution < -0.4 is 5.32 Å². The Hall–Kier alpha value is -1.70. The molecule has 0 spiro atoms. The zero-order valence-corrected chi connectivity index (χ0v) is 17.7. The van der Waals surface area contributed by atoms with E-state index < -0.39 is 12.1 Å². The first-order valence-corrected chi connectivity index (χ1v) is 10.6. The molecule has 0 radical (unpaired) electrons. The summed E-state index contributed by atoms with van der Waals surface area (Å²) in [6, 6.07) is 12.4. The summed E-state index contributed by atoms with van der Waals surface area (Å²) < 4.78 is 6.23. The molecule has 1 saturated heterocycles. The van der Waals surface area contributed by atoms with Crippen LogP contribution in [0.3, 0.4) is 0 Å². The number of anilines is 1. The summed E-state index contributed by atoms with van der Waals surface area (Å²) in [4.78, 5) is 26.6. The van der Waals surface area contributed by atoms with Crippen molar-refractivity contribution in [2.24, 2.45) is 0 Å². The number of nitrogens with zero attached hydrogens (tertiary/aromatic N) is 1. The summed E-state index contributed by atoms with van der Waals surface area (Å²) in [5.74, 6) is 0.651. The first-order valence-electron chi connectivity index (χ1n) is 8.28. The van der Waals surface area contributed by atoms with Crippen molar-refractivity contribution in [3.8, 4) is 0 Å². The number of halogens is 2. The van der Waals surface area contributed by atoms with Gasteiger partial charge in [0.15, 0.2) is 0 Å². The first-order chi connectivity index (χ1) is 13.0. The number of nitrogens with one attached hydrogen (secondary N) is 1. The van der Waals surface area contributed by atoms with Gasteiger partial charge in [0.25, 0.3) is 0 Å². The maximum absolute atomic E-state index is 12.7. The Kier molecular flexibility index (Phi) is 6.68. The molecule has 2 aromatic carbocycles. The lowest BCUT2D eigenvalue weighted by Crippen LogP contribution is -2.44. The van der Waals surface area contributed by atoms with Crippen LogP contribution in [-0.2, 0) is 16.1 Å². The SMILES string of the molecule is Cc1c(Br)ccc(NC(=O)[C@H]2CSCN2C(=O)OCc2ccccc2)c1Cl. The number of thioether (sulfide) groups is 1. The fourth-order valence-electron chi connectivity index (χ4n) is 2.62. The molecule has 1 fully saturated rings. The molecule has 2 aromatic rings. The molecule has 142 valence electrons. The van der Waals surface area contributed by atoms with Gasteiger partial charge in [-0.1, -0.05) is 57.9 Å². The number of ether oxygens (including phenoxy) is 1. The van der Waals surface area contributed by atoms with Crippen LogP contribution in [0.2, 0.25) is 5.02 Å². The van der Waals surface area contributed by atoms with Gasteiger partial charge in [0, 0.05) is 10.2 Å². The molecule has 0 unspecified atom stereocenters. The lowest BCUT2D eigenvalue weighted by molar-refractivity contribution is -0.119. The minimum Gasteiger partial charge on any atom is -0.445 e. The van der Waals surface area contributed by atoms with Gasteiger partial charge in [-0.15, -0.1) is 11.8 Å². The summed E-state index contributed by atoms with van der Waals surface area (Å²) in [6.07, 6.45) is -0.498. The molecular formula is C19H18BrClN2O3S. The Morgan fingerprint density at radius 3 is 2.78 bits per heavy atom. The third kappa shape index (κ3) is 4.78. The van der Waals surface area contributed by atoms with E-state index in [0.717, 1.165) is 15.6 Å². The van der Waals surface area contributed by atoms with Gasteiger partial charge in [-0.25, -0.2) is 4.79 Å². The largest absolute Gasteiger partial charge is 0.445 e. The van der Waals surface area contributed by atoms with Crippen molar-refractivity contribution in [1.82, 2.24) is 4.90 Å². The molecule has 0 aliphatic carbocycles. The molecule has 1 aliphatic rings. The Morgan fingerprint density at radius 2 is 2.04 bits per heavy atom. The standard InChI is InChI=1S/C19H18BrClN2O3S/c1-12-14(20)7-8-15(17(12)21)22-18(24)16-10-27-11-23(16)19(25)26-9-13-5-3-2-4-6-13/h2-8,16H,9-11H2,1H3,(H,22,24)/t16-/m1/s1. The van der Waals surface area contributed by atoms with E-state index in [1.807, 2.05) is 43.3 Å². The highest BCUT2D eigenvalue weighted by Gasteiger charge is 2.36. The van der Waals surface area contributed by atoms with Crippen molar-refractivity contribution < 1.29 is 14.3 Å². The smallest absolute Gasteiger partial charge is 0.411 e. The van der Waals surface area contributed by atoms with Gasteiger partial charge in [-0.2, -0.15) is 0 Å². The Bertz CT molecular complexity index is 850. The highest BCUT2D eigenvalue weighted by Crippen LogP contribution is 2.32. The average molecular weight is 470 g/mol. The van der Waals surface area contributed by atoms with Crippen molar-refractivity contribution in [3.63, 3.8) is 0 Å². The van der Waals surface area contributed by atoms with Crippen molar-refractivity contribution in [1.29, 1.82) is 0 Å². The second-order valence-electron chi connectivity index (χ2n) is 6.05. The number of rotatable bonds is 4. The number of benzene rings is 2. The molecule has 1 heterocycles. The van der Waals surface area contributed by atoms with E-state index in [2.05, 4.69) is 21.2 Å². The fraction of sp³-hybridized carbons (Fsp3) is 0.263. The van der Waals surface area contributed by atoms with Crippen molar-refractivity contribution in [2.75, 3.05) is 16.9 Å². The summed E-state index contributed by atoms with van der Waals surface area (Å²) in [5.41, 5.74) is 2.27. The van der Waals surface area contributed by atoms with Crippen molar-refractivity contribution in [2.45, 2.75) is 19.6 Å². The molecular weight excluding hydrogens is 452 g/mol. The maximum Gasteiger partial charge on any atom is 0.411 e. The van der Waals surface area contributed by atoms with E-state index in [-0.39, 0.29) is 12.5 Å². The molecule has 27 heavy (non-hydrogen) atoms. The van der Waals surface area contributed by atoms with Gasteiger partial charge in [0.1, 0.15) is 12.6 Å². The number of amides is 2. The second-order valence-corrected chi connectivity index (χ2v) is 8.28. The average Bonchev–Trinajstić information content (AvgIpc) is 3.17. The highest BCUT2D eigenvalue weighted by molar-refractivity contribution is 9.10. The molecule has 1 N–H and O–H groups in total.